The predicted octanol–water partition coefficient (Wildman–Crippen LogP) is 2.98. The standard InChI is InChI=1S/C16H19FN4O2S/c1-3-10(4-2)14(22)18-9-13-20-21-16(24-13)15(23)19-12-7-5-6-11(17)8-12/h5-8,10H,3-4,9H2,1-2H3,(H,18,22)(H,19,23). The molecule has 24 heavy (non-hydrogen) atoms. The number of carbonyl (C=O) groups excluding carboxylic acids is 2. The molecule has 6 nitrogen and oxygen atoms in total. The van der Waals surface area contributed by atoms with Crippen LogP contribution in [0.1, 0.15) is 41.5 Å². The topological polar surface area (TPSA) is 84.0 Å². The van der Waals surface area contributed by atoms with Crippen molar-refractivity contribution in [3.8, 4) is 0 Å². The number of hydrogen-bond acceptors (Lipinski definition) is 5. The molecule has 0 unspecified atom stereocenters. The van der Waals surface area contributed by atoms with Gasteiger partial charge in [-0.2, -0.15) is 0 Å². The van der Waals surface area contributed by atoms with E-state index in [1.165, 1.54) is 18.2 Å². The lowest BCUT2D eigenvalue weighted by atomic mass is 10.0. The van der Waals surface area contributed by atoms with Gasteiger partial charge < -0.3 is 10.6 Å². The molecule has 0 bridgehead atoms. The van der Waals surface area contributed by atoms with E-state index in [-0.39, 0.29) is 23.4 Å². The predicted molar refractivity (Wildman–Crippen MR) is 90.2 cm³/mol. The Morgan fingerprint density at radius 1 is 1.25 bits per heavy atom. The molecule has 8 heteroatoms. The van der Waals surface area contributed by atoms with E-state index < -0.39 is 11.7 Å². The molecule has 2 N–H and O–H groups in total. The third-order valence-electron chi connectivity index (χ3n) is 3.51. The minimum Gasteiger partial charge on any atom is -0.349 e. The highest BCUT2D eigenvalue weighted by Gasteiger charge is 2.16. The van der Waals surface area contributed by atoms with Gasteiger partial charge in [0, 0.05) is 11.6 Å². The fraction of sp³-hybridized carbons (Fsp3) is 0.375. The second-order valence-corrected chi connectivity index (χ2v) is 6.26. The van der Waals surface area contributed by atoms with Crippen molar-refractivity contribution in [3.63, 3.8) is 0 Å². The van der Waals surface area contributed by atoms with Gasteiger partial charge in [-0.05, 0) is 31.0 Å². The molecule has 0 aliphatic rings. The van der Waals surface area contributed by atoms with E-state index in [4.69, 9.17) is 0 Å². The van der Waals surface area contributed by atoms with Gasteiger partial charge in [-0.1, -0.05) is 31.3 Å². The molecular formula is C16H19FN4O2S. The summed E-state index contributed by atoms with van der Waals surface area (Å²) in [5, 5.41) is 13.8. The van der Waals surface area contributed by atoms with Crippen molar-refractivity contribution in [1.29, 1.82) is 0 Å². The van der Waals surface area contributed by atoms with Crippen LogP contribution in [0.2, 0.25) is 0 Å². The van der Waals surface area contributed by atoms with E-state index in [1.54, 1.807) is 6.07 Å². The Morgan fingerprint density at radius 2 is 2.00 bits per heavy atom. The molecule has 2 amide bonds. The normalized spacial score (nSPS) is 10.7. The lowest BCUT2D eigenvalue weighted by molar-refractivity contribution is -0.125. The third kappa shape index (κ3) is 4.82. The summed E-state index contributed by atoms with van der Waals surface area (Å²) in [6.07, 6.45) is 1.56. The summed E-state index contributed by atoms with van der Waals surface area (Å²) in [6.45, 7) is 4.17. The summed E-state index contributed by atoms with van der Waals surface area (Å²) >= 11 is 1.09. The number of nitrogens with one attached hydrogen (secondary N) is 2. The van der Waals surface area contributed by atoms with Crippen LogP contribution in [0.5, 0.6) is 0 Å². The molecule has 0 atom stereocenters. The van der Waals surface area contributed by atoms with Gasteiger partial charge in [-0.15, -0.1) is 10.2 Å². The first-order valence-corrected chi connectivity index (χ1v) is 8.52. The van der Waals surface area contributed by atoms with E-state index in [0.29, 0.717) is 10.7 Å². The highest BCUT2D eigenvalue weighted by Crippen LogP contribution is 2.15. The van der Waals surface area contributed by atoms with Gasteiger partial charge in [-0.25, -0.2) is 4.39 Å². The SMILES string of the molecule is CCC(CC)C(=O)NCc1nnc(C(=O)Nc2cccc(F)c2)s1. The van der Waals surface area contributed by atoms with E-state index >= 15 is 0 Å². The van der Waals surface area contributed by atoms with E-state index in [1.807, 2.05) is 13.8 Å². The smallest absolute Gasteiger partial charge is 0.286 e. The number of carbonyl (C=O) groups is 2. The van der Waals surface area contributed by atoms with Crippen LogP contribution in [-0.2, 0) is 11.3 Å². The van der Waals surface area contributed by atoms with Crippen LogP contribution in [0, 0.1) is 11.7 Å². The summed E-state index contributed by atoms with van der Waals surface area (Å²) in [6, 6.07) is 5.60. The summed E-state index contributed by atoms with van der Waals surface area (Å²) < 4.78 is 13.1. The largest absolute Gasteiger partial charge is 0.349 e. The van der Waals surface area contributed by atoms with Crippen molar-refractivity contribution < 1.29 is 14.0 Å². The first kappa shape index (κ1) is 18.0. The number of nitrogens with zero attached hydrogens (tertiary/aromatic N) is 2. The number of hydrogen-bond donors (Lipinski definition) is 2. The fourth-order valence-electron chi connectivity index (χ4n) is 2.13. The Balaban J connectivity index is 1.92. The van der Waals surface area contributed by atoms with Gasteiger partial charge in [0.15, 0.2) is 0 Å². The summed E-state index contributed by atoms with van der Waals surface area (Å²) in [5.74, 6) is -0.944. The lowest BCUT2D eigenvalue weighted by Gasteiger charge is -2.11. The number of rotatable bonds is 7. The van der Waals surface area contributed by atoms with Gasteiger partial charge in [0.25, 0.3) is 5.91 Å². The quantitative estimate of drug-likeness (QED) is 0.804. The van der Waals surface area contributed by atoms with Crippen LogP contribution in [0.15, 0.2) is 24.3 Å². The molecule has 0 aliphatic heterocycles. The Hall–Kier alpha value is -2.35. The molecule has 1 aromatic carbocycles. The number of halogens is 1. The van der Waals surface area contributed by atoms with Crippen molar-refractivity contribution >= 4 is 28.8 Å². The highest BCUT2D eigenvalue weighted by molar-refractivity contribution is 7.13. The molecule has 0 saturated carbocycles. The van der Waals surface area contributed by atoms with Crippen LogP contribution in [0.25, 0.3) is 0 Å². The Bertz CT molecular complexity index is 716. The molecule has 0 aliphatic carbocycles. The monoisotopic (exact) mass is 350 g/mol. The van der Waals surface area contributed by atoms with E-state index in [9.17, 15) is 14.0 Å². The van der Waals surface area contributed by atoms with E-state index in [2.05, 4.69) is 20.8 Å². The van der Waals surface area contributed by atoms with Gasteiger partial charge >= 0.3 is 0 Å². The molecule has 0 saturated heterocycles. The zero-order valence-corrected chi connectivity index (χ0v) is 14.3. The number of amides is 2. The molecule has 0 spiro atoms. The number of aromatic nitrogens is 2. The lowest BCUT2D eigenvalue weighted by Crippen LogP contribution is -2.29. The zero-order valence-electron chi connectivity index (χ0n) is 13.5. The minimum atomic E-state index is -0.462. The third-order valence-corrected chi connectivity index (χ3v) is 4.44. The molecule has 128 valence electrons. The average molecular weight is 350 g/mol. The maximum atomic E-state index is 13.1. The van der Waals surface area contributed by atoms with Crippen LogP contribution in [0.4, 0.5) is 10.1 Å². The second kappa shape index (κ2) is 8.49. The highest BCUT2D eigenvalue weighted by atomic mass is 32.1. The van der Waals surface area contributed by atoms with Crippen molar-refractivity contribution in [3.05, 3.63) is 40.1 Å². The molecule has 2 rings (SSSR count). The number of anilines is 1. The molecular weight excluding hydrogens is 331 g/mol. The summed E-state index contributed by atoms with van der Waals surface area (Å²) in [5.41, 5.74) is 0.346. The van der Waals surface area contributed by atoms with Crippen molar-refractivity contribution in [2.45, 2.75) is 33.2 Å². The van der Waals surface area contributed by atoms with Crippen LogP contribution < -0.4 is 10.6 Å². The van der Waals surface area contributed by atoms with Gasteiger partial charge in [0.1, 0.15) is 10.8 Å². The first-order chi connectivity index (χ1) is 11.5. The Morgan fingerprint density at radius 3 is 2.67 bits per heavy atom. The zero-order chi connectivity index (χ0) is 17.5. The molecule has 0 fully saturated rings. The van der Waals surface area contributed by atoms with Crippen molar-refractivity contribution in [2.75, 3.05) is 5.32 Å². The van der Waals surface area contributed by atoms with Gasteiger partial charge in [0.05, 0.1) is 6.54 Å². The van der Waals surface area contributed by atoms with Crippen molar-refractivity contribution in [2.24, 2.45) is 5.92 Å². The van der Waals surface area contributed by atoms with Crippen LogP contribution >= 0.6 is 11.3 Å². The van der Waals surface area contributed by atoms with Crippen LogP contribution in [0.3, 0.4) is 0 Å². The van der Waals surface area contributed by atoms with Crippen LogP contribution in [-0.4, -0.2) is 22.0 Å². The molecule has 0 radical (unpaired) electrons. The molecule has 2 aromatic rings. The van der Waals surface area contributed by atoms with Crippen molar-refractivity contribution in [1.82, 2.24) is 15.5 Å². The minimum absolute atomic E-state index is 0.0198. The summed E-state index contributed by atoms with van der Waals surface area (Å²) in [7, 11) is 0. The molecule has 1 heterocycles. The maximum Gasteiger partial charge on any atom is 0.286 e. The first-order valence-electron chi connectivity index (χ1n) is 7.70. The summed E-state index contributed by atoms with van der Waals surface area (Å²) in [4.78, 5) is 24.0. The van der Waals surface area contributed by atoms with E-state index in [0.717, 1.165) is 24.2 Å². The Kier molecular flexibility index (Phi) is 6.36. The number of benzene rings is 1. The maximum absolute atomic E-state index is 13.1. The van der Waals surface area contributed by atoms with Gasteiger partial charge in [-0.3, -0.25) is 9.59 Å². The molecule has 1 aromatic heterocycles. The van der Waals surface area contributed by atoms with Gasteiger partial charge in [0.2, 0.25) is 10.9 Å². The Labute approximate surface area is 143 Å². The fourth-order valence-corrected chi connectivity index (χ4v) is 2.81. The average Bonchev–Trinajstić information content (AvgIpc) is 3.03. The second-order valence-electron chi connectivity index (χ2n) is 5.20.